The fourth-order valence-electron chi connectivity index (χ4n) is 0.993. The molecule has 0 rings (SSSR count). The standard InChI is InChI=1S/C8H19NS/c1-7(2)5-8(6-10)9(3)4/h7-8,10H,5-6H2,1-4H3. The van der Waals surface area contributed by atoms with Crippen molar-refractivity contribution in [2.45, 2.75) is 26.3 Å². The molecule has 0 spiro atoms. The third kappa shape index (κ3) is 4.18. The Morgan fingerprint density at radius 3 is 1.90 bits per heavy atom. The Labute approximate surface area is 70.2 Å². The minimum absolute atomic E-state index is 0.642. The van der Waals surface area contributed by atoms with Gasteiger partial charge in [-0.05, 0) is 26.4 Å². The average Bonchev–Trinajstić information content (AvgIpc) is 1.81. The molecule has 10 heavy (non-hydrogen) atoms. The summed E-state index contributed by atoms with van der Waals surface area (Å²) in [5.41, 5.74) is 0. The van der Waals surface area contributed by atoms with Crippen LogP contribution < -0.4 is 0 Å². The highest BCUT2D eigenvalue weighted by Gasteiger charge is 2.10. The monoisotopic (exact) mass is 161 g/mol. The SMILES string of the molecule is CC(C)CC(CS)N(C)C. The highest BCUT2D eigenvalue weighted by Crippen LogP contribution is 2.09. The first-order chi connectivity index (χ1) is 4.57. The van der Waals surface area contributed by atoms with E-state index in [2.05, 4.69) is 45.5 Å². The van der Waals surface area contributed by atoms with Gasteiger partial charge >= 0.3 is 0 Å². The van der Waals surface area contributed by atoms with Gasteiger partial charge in [-0.25, -0.2) is 0 Å². The second-order valence-corrected chi connectivity index (χ2v) is 3.79. The zero-order valence-electron chi connectivity index (χ0n) is 7.46. The first kappa shape index (κ1) is 10.3. The van der Waals surface area contributed by atoms with Gasteiger partial charge in [-0.15, -0.1) is 0 Å². The van der Waals surface area contributed by atoms with Gasteiger partial charge in [-0.2, -0.15) is 12.6 Å². The number of rotatable bonds is 4. The molecule has 62 valence electrons. The van der Waals surface area contributed by atoms with E-state index in [1.165, 1.54) is 6.42 Å². The molecule has 0 aromatic carbocycles. The lowest BCUT2D eigenvalue weighted by atomic mass is 10.0. The average molecular weight is 161 g/mol. The molecule has 0 aromatic rings. The summed E-state index contributed by atoms with van der Waals surface area (Å²) >= 11 is 4.29. The Morgan fingerprint density at radius 1 is 1.30 bits per heavy atom. The summed E-state index contributed by atoms with van der Waals surface area (Å²) in [6.45, 7) is 4.50. The van der Waals surface area contributed by atoms with Gasteiger partial charge in [0.15, 0.2) is 0 Å². The van der Waals surface area contributed by atoms with Crippen LogP contribution >= 0.6 is 12.6 Å². The zero-order chi connectivity index (χ0) is 8.15. The molecular formula is C8H19NS. The molecular weight excluding hydrogens is 142 g/mol. The van der Waals surface area contributed by atoms with Crippen LogP contribution in [0.15, 0.2) is 0 Å². The highest BCUT2D eigenvalue weighted by atomic mass is 32.1. The predicted molar refractivity (Wildman–Crippen MR) is 50.8 cm³/mol. The third-order valence-electron chi connectivity index (χ3n) is 1.68. The normalized spacial score (nSPS) is 14.7. The topological polar surface area (TPSA) is 3.24 Å². The van der Waals surface area contributed by atoms with Gasteiger partial charge in [0, 0.05) is 11.8 Å². The fraction of sp³-hybridized carbons (Fsp3) is 1.00. The van der Waals surface area contributed by atoms with Gasteiger partial charge in [-0.3, -0.25) is 0 Å². The molecule has 1 unspecified atom stereocenters. The van der Waals surface area contributed by atoms with Crippen molar-refractivity contribution < 1.29 is 0 Å². The third-order valence-corrected chi connectivity index (χ3v) is 2.11. The Balaban J connectivity index is 3.60. The fourth-order valence-corrected chi connectivity index (χ4v) is 1.47. The summed E-state index contributed by atoms with van der Waals surface area (Å²) < 4.78 is 0. The molecule has 0 heterocycles. The van der Waals surface area contributed by atoms with Crippen LogP contribution in [-0.2, 0) is 0 Å². The molecule has 1 nitrogen and oxygen atoms in total. The quantitative estimate of drug-likeness (QED) is 0.616. The highest BCUT2D eigenvalue weighted by molar-refractivity contribution is 7.80. The van der Waals surface area contributed by atoms with E-state index in [9.17, 15) is 0 Å². The van der Waals surface area contributed by atoms with Crippen molar-refractivity contribution >= 4 is 12.6 Å². The predicted octanol–water partition coefficient (Wildman–Crippen LogP) is 1.89. The van der Waals surface area contributed by atoms with Crippen LogP contribution in [0, 0.1) is 5.92 Å². The van der Waals surface area contributed by atoms with Crippen molar-refractivity contribution in [1.29, 1.82) is 0 Å². The lowest BCUT2D eigenvalue weighted by molar-refractivity contribution is 0.278. The van der Waals surface area contributed by atoms with E-state index in [1.807, 2.05) is 0 Å². The Morgan fingerprint density at radius 2 is 1.80 bits per heavy atom. The number of hydrogen-bond acceptors (Lipinski definition) is 2. The maximum Gasteiger partial charge on any atom is 0.0180 e. The molecule has 0 saturated heterocycles. The summed E-state index contributed by atoms with van der Waals surface area (Å²) in [7, 11) is 4.23. The van der Waals surface area contributed by atoms with E-state index in [4.69, 9.17) is 0 Å². The molecule has 0 fully saturated rings. The second kappa shape index (κ2) is 5.03. The molecule has 0 saturated carbocycles. The van der Waals surface area contributed by atoms with Crippen LogP contribution in [0.25, 0.3) is 0 Å². The van der Waals surface area contributed by atoms with Crippen LogP contribution in [0.2, 0.25) is 0 Å². The van der Waals surface area contributed by atoms with E-state index in [0.717, 1.165) is 11.7 Å². The van der Waals surface area contributed by atoms with Crippen LogP contribution in [0.5, 0.6) is 0 Å². The molecule has 0 N–H and O–H groups in total. The molecule has 0 aliphatic rings. The molecule has 0 aromatic heterocycles. The summed E-state index contributed by atoms with van der Waals surface area (Å²) in [5.74, 6) is 1.74. The van der Waals surface area contributed by atoms with Crippen LogP contribution in [-0.4, -0.2) is 30.8 Å². The minimum atomic E-state index is 0.642. The van der Waals surface area contributed by atoms with Crippen molar-refractivity contribution in [3.8, 4) is 0 Å². The van der Waals surface area contributed by atoms with E-state index < -0.39 is 0 Å². The zero-order valence-corrected chi connectivity index (χ0v) is 8.36. The van der Waals surface area contributed by atoms with Crippen molar-refractivity contribution in [2.24, 2.45) is 5.92 Å². The molecule has 0 radical (unpaired) electrons. The van der Waals surface area contributed by atoms with Gasteiger partial charge in [0.05, 0.1) is 0 Å². The first-order valence-electron chi connectivity index (χ1n) is 3.85. The lowest BCUT2D eigenvalue weighted by Crippen LogP contribution is -2.30. The maximum atomic E-state index is 4.29. The summed E-state index contributed by atoms with van der Waals surface area (Å²) in [6, 6.07) is 0.642. The van der Waals surface area contributed by atoms with E-state index in [0.29, 0.717) is 6.04 Å². The Hall–Kier alpha value is 0.310. The maximum absolute atomic E-state index is 4.29. The van der Waals surface area contributed by atoms with Crippen LogP contribution in [0.4, 0.5) is 0 Å². The Kier molecular flexibility index (Phi) is 5.18. The van der Waals surface area contributed by atoms with E-state index >= 15 is 0 Å². The number of nitrogens with zero attached hydrogens (tertiary/aromatic N) is 1. The first-order valence-corrected chi connectivity index (χ1v) is 4.48. The van der Waals surface area contributed by atoms with Gasteiger partial charge in [-0.1, -0.05) is 13.8 Å². The summed E-state index contributed by atoms with van der Waals surface area (Å²) in [6.07, 6.45) is 1.25. The largest absolute Gasteiger partial charge is 0.306 e. The van der Waals surface area contributed by atoms with E-state index in [-0.39, 0.29) is 0 Å². The number of thiol groups is 1. The van der Waals surface area contributed by atoms with Crippen LogP contribution in [0.3, 0.4) is 0 Å². The van der Waals surface area contributed by atoms with Crippen molar-refractivity contribution in [3.63, 3.8) is 0 Å². The van der Waals surface area contributed by atoms with Crippen LogP contribution in [0.1, 0.15) is 20.3 Å². The lowest BCUT2D eigenvalue weighted by Gasteiger charge is -2.23. The Bertz CT molecular complexity index is 81.3. The van der Waals surface area contributed by atoms with Gasteiger partial charge in [0.2, 0.25) is 0 Å². The van der Waals surface area contributed by atoms with Crippen molar-refractivity contribution in [1.82, 2.24) is 4.90 Å². The summed E-state index contributed by atoms with van der Waals surface area (Å²) in [4.78, 5) is 2.24. The molecule has 0 amide bonds. The molecule has 0 aliphatic carbocycles. The molecule has 0 aliphatic heterocycles. The molecule has 0 bridgehead atoms. The molecule has 2 heteroatoms. The van der Waals surface area contributed by atoms with Crippen molar-refractivity contribution in [3.05, 3.63) is 0 Å². The number of hydrogen-bond donors (Lipinski definition) is 1. The summed E-state index contributed by atoms with van der Waals surface area (Å²) in [5, 5.41) is 0. The van der Waals surface area contributed by atoms with Gasteiger partial charge in [0.25, 0.3) is 0 Å². The smallest absolute Gasteiger partial charge is 0.0180 e. The minimum Gasteiger partial charge on any atom is -0.306 e. The molecule has 1 atom stereocenters. The van der Waals surface area contributed by atoms with Crippen molar-refractivity contribution in [2.75, 3.05) is 19.8 Å². The second-order valence-electron chi connectivity index (χ2n) is 3.43. The van der Waals surface area contributed by atoms with Gasteiger partial charge < -0.3 is 4.90 Å². The van der Waals surface area contributed by atoms with Gasteiger partial charge in [0.1, 0.15) is 0 Å². The van der Waals surface area contributed by atoms with E-state index in [1.54, 1.807) is 0 Å².